The molecular formula is C21H19N3O3. The monoisotopic (exact) mass is 361 g/mol. The zero-order valence-electron chi connectivity index (χ0n) is 14.8. The molecule has 0 unspecified atom stereocenters. The first-order valence-corrected chi connectivity index (χ1v) is 8.43. The number of H-pyrrole nitrogens is 1. The zero-order valence-corrected chi connectivity index (χ0v) is 14.8. The molecule has 0 saturated heterocycles. The highest BCUT2D eigenvalue weighted by Crippen LogP contribution is 2.17. The summed E-state index contributed by atoms with van der Waals surface area (Å²) in [7, 11) is 0. The number of anilines is 1. The van der Waals surface area contributed by atoms with Gasteiger partial charge in [0, 0.05) is 41.3 Å². The van der Waals surface area contributed by atoms with Crippen molar-refractivity contribution in [3.8, 4) is 17.6 Å². The number of fused-ring (bicyclic) bond motifs is 1. The van der Waals surface area contributed by atoms with Crippen LogP contribution in [0, 0.1) is 11.8 Å². The first-order valence-electron chi connectivity index (χ1n) is 8.43. The lowest BCUT2D eigenvalue weighted by molar-refractivity contribution is -0.114. The third kappa shape index (κ3) is 5.13. The molecule has 0 fully saturated rings. The number of rotatable bonds is 5. The Morgan fingerprint density at radius 3 is 2.85 bits per heavy atom. The minimum Gasteiger partial charge on any atom is -0.481 e. The molecule has 6 nitrogen and oxygen atoms in total. The maximum absolute atomic E-state index is 12.1. The molecule has 136 valence electrons. The lowest BCUT2D eigenvalue weighted by atomic mass is 10.1. The highest BCUT2D eigenvalue weighted by molar-refractivity contribution is 5.98. The molecular weight excluding hydrogens is 342 g/mol. The van der Waals surface area contributed by atoms with E-state index in [0.717, 1.165) is 10.9 Å². The van der Waals surface area contributed by atoms with E-state index in [1.54, 1.807) is 30.3 Å². The molecule has 1 aromatic heterocycles. The van der Waals surface area contributed by atoms with Crippen LogP contribution in [0.15, 0.2) is 54.7 Å². The van der Waals surface area contributed by atoms with Crippen molar-refractivity contribution in [3.63, 3.8) is 0 Å². The van der Waals surface area contributed by atoms with Gasteiger partial charge in [-0.2, -0.15) is 0 Å². The maximum atomic E-state index is 12.1. The van der Waals surface area contributed by atoms with E-state index in [-0.39, 0.29) is 25.0 Å². The van der Waals surface area contributed by atoms with E-state index >= 15 is 0 Å². The Bertz CT molecular complexity index is 1030. The fourth-order valence-electron chi connectivity index (χ4n) is 2.52. The quantitative estimate of drug-likeness (QED) is 0.611. The van der Waals surface area contributed by atoms with Crippen LogP contribution in [0.25, 0.3) is 10.9 Å². The van der Waals surface area contributed by atoms with Crippen molar-refractivity contribution < 1.29 is 14.3 Å². The van der Waals surface area contributed by atoms with Gasteiger partial charge in [0.25, 0.3) is 5.91 Å². The summed E-state index contributed by atoms with van der Waals surface area (Å²) in [5.41, 5.74) is 2.25. The molecule has 3 rings (SSSR count). The summed E-state index contributed by atoms with van der Waals surface area (Å²) in [6.45, 7) is 1.87. The SMILES string of the molecule is CC(=O)Nc1cccc(OCC#CCNC(=O)c2ccc3[nH]ccc3c2)c1. The number of carbonyl (C=O) groups is 2. The molecule has 0 aliphatic rings. The van der Waals surface area contributed by atoms with Gasteiger partial charge in [0.05, 0.1) is 6.54 Å². The number of aromatic nitrogens is 1. The summed E-state index contributed by atoms with van der Waals surface area (Å²) in [6, 6.07) is 14.5. The van der Waals surface area contributed by atoms with Gasteiger partial charge >= 0.3 is 0 Å². The number of hydrogen-bond donors (Lipinski definition) is 3. The topological polar surface area (TPSA) is 83.2 Å². The molecule has 2 aromatic carbocycles. The van der Waals surface area contributed by atoms with E-state index in [4.69, 9.17) is 4.74 Å². The molecule has 0 saturated carbocycles. The van der Waals surface area contributed by atoms with Crippen LogP contribution in [0.5, 0.6) is 5.75 Å². The van der Waals surface area contributed by atoms with Gasteiger partial charge < -0.3 is 20.4 Å². The Morgan fingerprint density at radius 1 is 1.11 bits per heavy atom. The van der Waals surface area contributed by atoms with Crippen molar-refractivity contribution in [2.24, 2.45) is 0 Å². The van der Waals surface area contributed by atoms with Gasteiger partial charge in [-0.25, -0.2) is 0 Å². The molecule has 6 heteroatoms. The van der Waals surface area contributed by atoms with Crippen molar-refractivity contribution in [2.45, 2.75) is 6.92 Å². The molecule has 0 aliphatic heterocycles. The predicted molar refractivity (Wildman–Crippen MR) is 105 cm³/mol. The molecule has 1 heterocycles. The van der Waals surface area contributed by atoms with Crippen molar-refractivity contribution >= 4 is 28.4 Å². The highest BCUT2D eigenvalue weighted by atomic mass is 16.5. The van der Waals surface area contributed by atoms with Crippen LogP contribution in [0.2, 0.25) is 0 Å². The van der Waals surface area contributed by atoms with Crippen LogP contribution in [0.1, 0.15) is 17.3 Å². The average molecular weight is 361 g/mol. The molecule has 0 atom stereocenters. The fraction of sp³-hybridized carbons (Fsp3) is 0.143. The van der Waals surface area contributed by atoms with Gasteiger partial charge in [0.2, 0.25) is 5.91 Å². The largest absolute Gasteiger partial charge is 0.481 e. The number of carbonyl (C=O) groups excluding carboxylic acids is 2. The van der Waals surface area contributed by atoms with Gasteiger partial charge in [-0.1, -0.05) is 17.9 Å². The molecule has 27 heavy (non-hydrogen) atoms. The third-order valence-corrected chi connectivity index (χ3v) is 3.74. The lowest BCUT2D eigenvalue weighted by Crippen LogP contribution is -2.23. The first-order chi connectivity index (χ1) is 13.1. The van der Waals surface area contributed by atoms with Gasteiger partial charge in [0.15, 0.2) is 0 Å². The van der Waals surface area contributed by atoms with Gasteiger partial charge in [-0.05, 0) is 36.4 Å². The van der Waals surface area contributed by atoms with E-state index in [2.05, 4.69) is 27.5 Å². The Morgan fingerprint density at radius 2 is 2.00 bits per heavy atom. The number of nitrogens with one attached hydrogen (secondary N) is 3. The summed E-state index contributed by atoms with van der Waals surface area (Å²) in [5.74, 6) is 6.00. The summed E-state index contributed by atoms with van der Waals surface area (Å²) < 4.78 is 5.52. The fourth-order valence-corrected chi connectivity index (χ4v) is 2.52. The van der Waals surface area contributed by atoms with Crippen LogP contribution < -0.4 is 15.4 Å². The number of aromatic amines is 1. The standard InChI is InChI=1S/C21H19N3O3/c1-15(25)24-18-5-4-6-19(14-18)27-12-3-2-10-23-21(26)17-7-8-20-16(13-17)9-11-22-20/h4-9,11,13-14,22H,10,12H2,1H3,(H,23,26)(H,24,25). The van der Waals surface area contributed by atoms with E-state index in [1.165, 1.54) is 6.92 Å². The number of amides is 2. The van der Waals surface area contributed by atoms with Crippen LogP contribution in [-0.4, -0.2) is 29.9 Å². The number of ether oxygens (including phenoxy) is 1. The Labute approximate surface area is 156 Å². The smallest absolute Gasteiger partial charge is 0.252 e. The van der Waals surface area contributed by atoms with Crippen molar-refractivity contribution in [2.75, 3.05) is 18.5 Å². The molecule has 0 bridgehead atoms. The third-order valence-electron chi connectivity index (χ3n) is 3.74. The van der Waals surface area contributed by atoms with Crippen molar-refractivity contribution in [1.29, 1.82) is 0 Å². The maximum Gasteiger partial charge on any atom is 0.252 e. The van der Waals surface area contributed by atoms with E-state index in [0.29, 0.717) is 17.0 Å². The zero-order chi connectivity index (χ0) is 19.1. The van der Waals surface area contributed by atoms with Crippen molar-refractivity contribution in [1.82, 2.24) is 10.3 Å². The molecule has 0 radical (unpaired) electrons. The first kappa shape index (κ1) is 18.1. The molecule has 0 spiro atoms. The minimum atomic E-state index is -0.170. The number of hydrogen-bond acceptors (Lipinski definition) is 3. The Kier molecular flexibility index (Phi) is 5.75. The Balaban J connectivity index is 1.45. The normalized spacial score (nSPS) is 9.96. The van der Waals surface area contributed by atoms with Crippen LogP contribution in [-0.2, 0) is 4.79 Å². The van der Waals surface area contributed by atoms with Crippen LogP contribution in [0.4, 0.5) is 5.69 Å². The summed E-state index contributed by atoms with van der Waals surface area (Å²) >= 11 is 0. The summed E-state index contributed by atoms with van der Waals surface area (Å²) in [5, 5.41) is 6.44. The second kappa shape index (κ2) is 8.59. The Hall–Kier alpha value is -3.72. The highest BCUT2D eigenvalue weighted by Gasteiger charge is 2.05. The lowest BCUT2D eigenvalue weighted by Gasteiger charge is -2.05. The molecule has 2 amide bonds. The number of benzene rings is 2. The van der Waals surface area contributed by atoms with Gasteiger partial charge in [0.1, 0.15) is 12.4 Å². The average Bonchev–Trinajstić information content (AvgIpc) is 3.12. The van der Waals surface area contributed by atoms with E-state index in [1.807, 2.05) is 24.4 Å². The minimum absolute atomic E-state index is 0.140. The molecule has 3 aromatic rings. The van der Waals surface area contributed by atoms with E-state index in [9.17, 15) is 9.59 Å². The van der Waals surface area contributed by atoms with Gasteiger partial charge in [-0.15, -0.1) is 0 Å². The summed E-state index contributed by atoms with van der Waals surface area (Å²) in [4.78, 5) is 26.3. The second-order valence-corrected chi connectivity index (χ2v) is 5.81. The summed E-state index contributed by atoms with van der Waals surface area (Å²) in [6.07, 6.45) is 1.84. The predicted octanol–water partition coefficient (Wildman–Crippen LogP) is 2.94. The van der Waals surface area contributed by atoms with Crippen LogP contribution in [0.3, 0.4) is 0 Å². The van der Waals surface area contributed by atoms with Crippen LogP contribution >= 0.6 is 0 Å². The van der Waals surface area contributed by atoms with Crippen molar-refractivity contribution in [3.05, 3.63) is 60.3 Å². The van der Waals surface area contributed by atoms with E-state index < -0.39 is 0 Å². The molecule has 0 aliphatic carbocycles. The molecule has 3 N–H and O–H groups in total. The van der Waals surface area contributed by atoms with Gasteiger partial charge in [-0.3, -0.25) is 9.59 Å². The second-order valence-electron chi connectivity index (χ2n) is 5.81.